The first kappa shape index (κ1) is 10.4. The molecule has 1 heteroatoms. The van der Waals surface area contributed by atoms with Crippen molar-refractivity contribution in [3.8, 4) is 0 Å². The molecule has 0 rings (SSSR count). The van der Waals surface area contributed by atoms with Crippen molar-refractivity contribution in [3.63, 3.8) is 0 Å². The lowest BCUT2D eigenvalue weighted by atomic mass is 10.3. The van der Waals surface area contributed by atoms with Crippen LogP contribution in [-0.2, 0) is 0 Å². The molecule has 61 valence electrons. The summed E-state index contributed by atoms with van der Waals surface area (Å²) in [7, 11) is 1.68. The zero-order chi connectivity index (χ0) is 7.66. The quantitative estimate of drug-likeness (QED) is 0.390. The molecule has 0 N–H and O–H groups in total. The Kier molecular flexibility index (Phi) is 9.84. The van der Waals surface area contributed by atoms with Crippen LogP contribution in [0.3, 0.4) is 0 Å². The highest BCUT2D eigenvalue weighted by atomic mass is 31.1. The van der Waals surface area contributed by atoms with Crippen LogP contribution in [0, 0.1) is 0 Å². The van der Waals surface area contributed by atoms with E-state index in [1.807, 2.05) is 0 Å². The predicted octanol–water partition coefficient (Wildman–Crippen LogP) is 3.92. The van der Waals surface area contributed by atoms with Gasteiger partial charge in [0.1, 0.15) is 0 Å². The van der Waals surface area contributed by atoms with Crippen LogP contribution in [0.15, 0.2) is 0 Å². The highest BCUT2D eigenvalue weighted by molar-refractivity contribution is 7.37. The van der Waals surface area contributed by atoms with Crippen LogP contribution in [0.25, 0.3) is 0 Å². The summed E-state index contributed by atoms with van der Waals surface area (Å²) in [4.78, 5) is 0. The monoisotopic (exact) mass is 159 g/mol. The van der Waals surface area contributed by atoms with Gasteiger partial charge in [-0.1, -0.05) is 41.7 Å². The van der Waals surface area contributed by atoms with Crippen molar-refractivity contribution in [1.29, 1.82) is 0 Å². The molecule has 0 bridgehead atoms. The van der Waals surface area contributed by atoms with Gasteiger partial charge >= 0.3 is 0 Å². The van der Waals surface area contributed by atoms with Gasteiger partial charge in [0.05, 0.1) is 0 Å². The molecule has 0 atom stereocenters. The third-order valence-electron chi connectivity index (χ3n) is 1.59. The molecule has 0 amide bonds. The third-order valence-corrected chi connectivity index (χ3v) is 2.85. The molecule has 0 fully saturated rings. The van der Waals surface area contributed by atoms with Crippen LogP contribution < -0.4 is 0 Å². The van der Waals surface area contributed by atoms with Crippen molar-refractivity contribution in [2.75, 3.05) is 12.3 Å². The summed E-state index contributed by atoms with van der Waals surface area (Å²) in [5, 5.41) is 0. The molecule has 0 spiro atoms. The first-order valence-electron chi connectivity index (χ1n) is 4.55. The minimum atomic E-state index is 1.36. The number of hydrogen-bond donors (Lipinski definition) is 0. The number of rotatable bonds is 7. The van der Waals surface area contributed by atoms with Gasteiger partial charge in [-0.3, -0.25) is 0 Å². The normalized spacial score (nSPS) is 11.4. The first-order chi connectivity index (χ1) is 4.91. The van der Waals surface area contributed by atoms with Crippen LogP contribution in [0.4, 0.5) is 0 Å². The summed E-state index contributed by atoms with van der Waals surface area (Å²) in [6.07, 6.45) is 9.90. The third kappa shape index (κ3) is 8.43. The maximum atomic E-state index is 2.27. The van der Waals surface area contributed by atoms with Gasteiger partial charge in [0.25, 0.3) is 0 Å². The molecule has 10 heavy (non-hydrogen) atoms. The van der Waals surface area contributed by atoms with E-state index in [1.165, 1.54) is 44.4 Å². The fraction of sp³-hybridized carbons (Fsp3) is 1.00. The van der Waals surface area contributed by atoms with Gasteiger partial charge in [-0.15, -0.1) is 0 Å². The summed E-state index contributed by atoms with van der Waals surface area (Å²) in [6, 6.07) is 0. The van der Waals surface area contributed by atoms with E-state index in [1.54, 1.807) is 8.58 Å². The molecule has 0 nitrogen and oxygen atoms in total. The molecule has 0 aromatic carbocycles. The van der Waals surface area contributed by atoms with Crippen molar-refractivity contribution in [1.82, 2.24) is 0 Å². The van der Waals surface area contributed by atoms with Gasteiger partial charge in [-0.05, 0) is 25.2 Å². The van der Waals surface area contributed by atoms with Crippen molar-refractivity contribution < 1.29 is 0 Å². The molecular formula is C9H20P. The van der Waals surface area contributed by atoms with E-state index in [-0.39, 0.29) is 0 Å². The topological polar surface area (TPSA) is 0 Å². The van der Waals surface area contributed by atoms with Gasteiger partial charge in [0, 0.05) is 0 Å². The second-order valence-electron chi connectivity index (χ2n) is 2.73. The maximum Gasteiger partial charge on any atom is -0.0287 e. The van der Waals surface area contributed by atoms with E-state index in [9.17, 15) is 0 Å². The van der Waals surface area contributed by atoms with Gasteiger partial charge in [-0.2, -0.15) is 0 Å². The summed E-state index contributed by atoms with van der Waals surface area (Å²) >= 11 is 0. The van der Waals surface area contributed by atoms with E-state index in [0.29, 0.717) is 0 Å². The largest absolute Gasteiger partial charge is 0.0810 e. The van der Waals surface area contributed by atoms with Crippen LogP contribution >= 0.6 is 8.58 Å². The standard InChI is InChI=1S/C9H20P/c1-3-5-7-9-10-8-6-4-2/h3-9H2,1-2H3. The minimum absolute atomic E-state index is 1.36. The molecule has 0 aromatic heterocycles. The Balaban J connectivity index is 2.65. The lowest BCUT2D eigenvalue weighted by Crippen LogP contribution is -1.80. The highest BCUT2D eigenvalue weighted by Gasteiger charge is 1.88. The Hall–Kier alpha value is 0.430. The summed E-state index contributed by atoms with van der Waals surface area (Å²) in [5.74, 6) is 0. The Bertz CT molecular complexity index is 44.7. The molecule has 0 aliphatic heterocycles. The molecule has 0 aliphatic rings. The predicted molar refractivity (Wildman–Crippen MR) is 51.1 cm³/mol. The zero-order valence-electron chi connectivity index (χ0n) is 7.40. The van der Waals surface area contributed by atoms with E-state index in [4.69, 9.17) is 0 Å². The molecule has 0 unspecified atom stereocenters. The first-order valence-corrected chi connectivity index (χ1v) is 5.81. The maximum absolute atomic E-state index is 2.27. The van der Waals surface area contributed by atoms with Crippen LogP contribution in [0.2, 0.25) is 0 Å². The van der Waals surface area contributed by atoms with Crippen molar-refractivity contribution in [2.45, 2.75) is 46.0 Å². The Morgan fingerprint density at radius 2 is 1.40 bits per heavy atom. The SMILES string of the molecule is CCCCC[P]CCCC. The highest BCUT2D eigenvalue weighted by Crippen LogP contribution is 2.14. The second kappa shape index (κ2) is 9.43. The summed E-state index contributed by atoms with van der Waals surface area (Å²) in [5.41, 5.74) is 0. The Labute approximate surface area is 67.6 Å². The van der Waals surface area contributed by atoms with E-state index >= 15 is 0 Å². The van der Waals surface area contributed by atoms with E-state index < -0.39 is 0 Å². The fourth-order valence-electron chi connectivity index (χ4n) is 0.855. The average molecular weight is 159 g/mol. The van der Waals surface area contributed by atoms with Gasteiger partial charge in [0.2, 0.25) is 0 Å². The van der Waals surface area contributed by atoms with E-state index in [0.717, 1.165) is 0 Å². The van der Waals surface area contributed by atoms with Gasteiger partial charge in [-0.25, -0.2) is 0 Å². The summed E-state index contributed by atoms with van der Waals surface area (Å²) < 4.78 is 0. The second-order valence-corrected chi connectivity index (χ2v) is 4.07. The molecule has 0 aromatic rings. The van der Waals surface area contributed by atoms with Crippen LogP contribution in [0.5, 0.6) is 0 Å². The fourth-order valence-corrected chi connectivity index (χ4v) is 2.07. The molecule has 0 heterocycles. The Morgan fingerprint density at radius 1 is 0.800 bits per heavy atom. The van der Waals surface area contributed by atoms with Gasteiger partial charge in [0.15, 0.2) is 0 Å². The average Bonchev–Trinajstić information content (AvgIpc) is 1.97. The molecule has 0 aliphatic carbocycles. The smallest absolute Gasteiger partial charge is 0.0287 e. The number of hydrogen-bond acceptors (Lipinski definition) is 0. The van der Waals surface area contributed by atoms with E-state index in [2.05, 4.69) is 13.8 Å². The molecule has 0 saturated carbocycles. The van der Waals surface area contributed by atoms with Crippen molar-refractivity contribution in [2.24, 2.45) is 0 Å². The van der Waals surface area contributed by atoms with Crippen molar-refractivity contribution in [3.05, 3.63) is 0 Å². The zero-order valence-corrected chi connectivity index (χ0v) is 8.29. The van der Waals surface area contributed by atoms with Gasteiger partial charge < -0.3 is 0 Å². The summed E-state index contributed by atoms with van der Waals surface area (Å²) in [6.45, 7) is 4.53. The molecule has 0 saturated heterocycles. The molecular weight excluding hydrogens is 139 g/mol. The molecule has 1 radical (unpaired) electrons. The van der Waals surface area contributed by atoms with Crippen molar-refractivity contribution >= 4 is 8.58 Å². The van der Waals surface area contributed by atoms with Crippen LogP contribution in [0.1, 0.15) is 46.0 Å². The lowest BCUT2D eigenvalue weighted by molar-refractivity contribution is 0.775. The lowest BCUT2D eigenvalue weighted by Gasteiger charge is -1.97. The minimum Gasteiger partial charge on any atom is -0.0810 e. The Morgan fingerprint density at radius 3 is 2.00 bits per heavy atom. The van der Waals surface area contributed by atoms with Crippen LogP contribution in [-0.4, -0.2) is 12.3 Å². The number of unbranched alkanes of at least 4 members (excludes halogenated alkanes) is 3.